The molecule has 0 bridgehead atoms. The van der Waals surface area contributed by atoms with Gasteiger partial charge in [0.1, 0.15) is 24.8 Å². The highest BCUT2D eigenvalue weighted by atomic mass is 19.2. The fourth-order valence-electron chi connectivity index (χ4n) is 3.14. The summed E-state index contributed by atoms with van der Waals surface area (Å²) in [5.41, 5.74) is 3.43. The van der Waals surface area contributed by atoms with Crippen LogP contribution in [0.2, 0.25) is 0 Å². The van der Waals surface area contributed by atoms with Crippen molar-refractivity contribution in [3.63, 3.8) is 0 Å². The summed E-state index contributed by atoms with van der Waals surface area (Å²) in [6.45, 7) is 24.2. The van der Waals surface area contributed by atoms with E-state index in [-0.39, 0.29) is 19.1 Å². The number of anilines is 1. The number of aliphatic hydroxyl groups excluding tert-OH is 1. The van der Waals surface area contributed by atoms with E-state index in [1.165, 1.54) is 12.4 Å². The lowest BCUT2D eigenvalue weighted by molar-refractivity contribution is -0.0980. The number of ether oxygens (including phenoxy) is 2. The van der Waals surface area contributed by atoms with Crippen LogP contribution in [-0.2, 0) is 9.53 Å². The van der Waals surface area contributed by atoms with E-state index >= 15 is 0 Å². The fraction of sp³-hybridized carbons (Fsp3) is 0.371. The van der Waals surface area contributed by atoms with Crippen molar-refractivity contribution in [3.05, 3.63) is 84.0 Å². The molecule has 1 amide bonds. The van der Waals surface area contributed by atoms with Gasteiger partial charge in [-0.1, -0.05) is 72.5 Å². The molecule has 10 nitrogen and oxygen atoms in total. The highest BCUT2D eigenvalue weighted by Gasteiger charge is 2.09. The number of benzene rings is 1. The Labute approximate surface area is 273 Å². The lowest BCUT2D eigenvalue weighted by atomic mass is 10.2. The minimum Gasteiger partial charge on any atom is -0.491 e. The molecule has 11 heteroatoms. The standard InChI is InChI=1S/C19H19N3O5.C7H8FN.4C2H6.CH2O/c23-5-6-26-7-8-27-17-3-1-13(2-4-17)19(25)22-15-9-14-10-16(12-24)21-18(14)20-11-15;1-3-7-4-6(2)9(8)5-7;5*1-2/h1-4,9-12,23H,5-8H2,(H,20,21)(H,22,25);3-5H,1H2,2H3;4*1-2H3;1H2. The number of hydrogen-bond donors (Lipinski definition) is 3. The normalized spacial score (nSPS) is 8.76. The van der Waals surface area contributed by atoms with Crippen molar-refractivity contribution >= 4 is 41.8 Å². The van der Waals surface area contributed by atoms with Crippen molar-refractivity contribution < 1.29 is 33.4 Å². The maximum Gasteiger partial charge on any atom is 0.255 e. The van der Waals surface area contributed by atoms with Crippen LogP contribution in [0.5, 0.6) is 5.75 Å². The fourth-order valence-corrected chi connectivity index (χ4v) is 3.14. The van der Waals surface area contributed by atoms with E-state index in [1.807, 2.05) is 62.2 Å². The number of carbonyl (C=O) groups excluding carboxylic acids is 3. The molecule has 0 radical (unpaired) electrons. The van der Waals surface area contributed by atoms with Gasteiger partial charge < -0.3 is 29.7 Å². The molecule has 0 aliphatic heterocycles. The third kappa shape index (κ3) is 17.6. The van der Waals surface area contributed by atoms with Gasteiger partial charge in [0.25, 0.3) is 5.91 Å². The van der Waals surface area contributed by atoms with E-state index in [1.54, 1.807) is 55.5 Å². The first-order valence-electron chi connectivity index (χ1n) is 15.4. The number of aldehydes is 1. The van der Waals surface area contributed by atoms with Crippen LogP contribution < -0.4 is 10.1 Å². The summed E-state index contributed by atoms with van der Waals surface area (Å²) < 4.78 is 23.0. The minimum atomic E-state index is -0.278. The molecule has 0 atom stereocenters. The van der Waals surface area contributed by atoms with Gasteiger partial charge in [0, 0.05) is 22.8 Å². The number of pyridine rings is 1. The summed E-state index contributed by atoms with van der Waals surface area (Å²) in [6, 6.07) is 11.9. The molecule has 46 heavy (non-hydrogen) atoms. The highest BCUT2D eigenvalue weighted by molar-refractivity contribution is 6.05. The maximum absolute atomic E-state index is 12.4. The number of halogens is 1. The third-order valence-electron chi connectivity index (χ3n) is 4.93. The van der Waals surface area contributed by atoms with Crippen molar-refractivity contribution in [1.82, 2.24) is 14.8 Å². The molecule has 3 aromatic heterocycles. The number of amides is 1. The lowest BCUT2D eigenvalue weighted by Gasteiger charge is -2.08. The summed E-state index contributed by atoms with van der Waals surface area (Å²) in [5, 5.41) is 12.1. The van der Waals surface area contributed by atoms with Crippen LogP contribution >= 0.6 is 0 Å². The Bertz CT molecular complexity index is 1320. The second-order valence-electron chi connectivity index (χ2n) is 7.60. The molecule has 0 unspecified atom stereocenters. The molecule has 0 saturated carbocycles. The van der Waals surface area contributed by atoms with Crippen molar-refractivity contribution in [2.24, 2.45) is 0 Å². The highest BCUT2D eigenvalue weighted by Crippen LogP contribution is 2.19. The van der Waals surface area contributed by atoms with Gasteiger partial charge in [-0.3, -0.25) is 9.59 Å². The van der Waals surface area contributed by atoms with E-state index in [0.29, 0.717) is 58.3 Å². The van der Waals surface area contributed by atoms with Crippen LogP contribution in [0.1, 0.15) is 87.5 Å². The largest absolute Gasteiger partial charge is 0.491 e. The Morgan fingerprint density at radius 2 is 1.61 bits per heavy atom. The van der Waals surface area contributed by atoms with E-state index in [2.05, 4.69) is 21.9 Å². The molecule has 0 spiro atoms. The molecular weight excluding hydrogens is 591 g/mol. The number of rotatable bonds is 10. The SMILES string of the molecule is C=Cc1cc(C)n(F)c1.C=O.CC.CC.CC.CC.O=Cc1cc2cc(NC(=O)c3ccc(OCCOCCO)cc3)cnc2[nH]1. The zero-order valence-corrected chi connectivity index (χ0v) is 28.9. The van der Waals surface area contributed by atoms with Crippen LogP contribution in [-0.4, -0.2) is 65.3 Å². The number of H-pyrrole nitrogens is 1. The number of aryl methyl sites for hydroxylation is 1. The average Bonchev–Trinajstić information content (AvgIpc) is 3.70. The summed E-state index contributed by atoms with van der Waals surface area (Å²) in [6.07, 6.45) is 5.24. The average molecular weight is 645 g/mol. The van der Waals surface area contributed by atoms with E-state index in [4.69, 9.17) is 19.4 Å². The Balaban J connectivity index is -0.000000810. The third-order valence-corrected chi connectivity index (χ3v) is 4.93. The zero-order chi connectivity index (χ0) is 35.9. The quantitative estimate of drug-likeness (QED) is 0.117. The number of nitrogens with one attached hydrogen (secondary N) is 2. The summed E-state index contributed by atoms with van der Waals surface area (Å²) in [5.74, 6) is 0.344. The molecule has 4 aromatic rings. The first kappa shape index (κ1) is 45.8. The smallest absolute Gasteiger partial charge is 0.255 e. The van der Waals surface area contributed by atoms with E-state index in [9.17, 15) is 14.1 Å². The number of aliphatic hydroxyl groups is 1. The first-order valence-corrected chi connectivity index (χ1v) is 15.4. The molecule has 3 heterocycles. The van der Waals surface area contributed by atoms with Crippen LogP contribution in [0.15, 0.2) is 61.4 Å². The van der Waals surface area contributed by atoms with Crippen LogP contribution in [0.25, 0.3) is 17.1 Å². The molecule has 1 aromatic carbocycles. The van der Waals surface area contributed by atoms with Gasteiger partial charge in [0.05, 0.1) is 37.4 Å². The van der Waals surface area contributed by atoms with Crippen LogP contribution in [0.3, 0.4) is 0 Å². The van der Waals surface area contributed by atoms with Crippen LogP contribution in [0.4, 0.5) is 10.2 Å². The summed E-state index contributed by atoms with van der Waals surface area (Å²) >= 11 is 0. The van der Waals surface area contributed by atoms with E-state index < -0.39 is 0 Å². The van der Waals surface area contributed by atoms with Gasteiger partial charge in [-0.25, -0.2) is 4.98 Å². The Morgan fingerprint density at radius 3 is 2.09 bits per heavy atom. The van der Waals surface area contributed by atoms with Gasteiger partial charge in [-0.05, 0) is 55.0 Å². The first-order chi connectivity index (χ1) is 22.4. The van der Waals surface area contributed by atoms with Crippen LogP contribution in [0, 0.1) is 6.92 Å². The molecule has 3 N–H and O–H groups in total. The Morgan fingerprint density at radius 1 is 1.00 bits per heavy atom. The molecule has 256 valence electrons. The topological polar surface area (TPSA) is 136 Å². The summed E-state index contributed by atoms with van der Waals surface area (Å²) in [7, 11) is 0. The van der Waals surface area contributed by atoms with Crippen molar-refractivity contribution in [2.45, 2.75) is 62.3 Å². The summed E-state index contributed by atoms with van der Waals surface area (Å²) in [4.78, 5) is 38.8. The zero-order valence-electron chi connectivity index (χ0n) is 28.9. The molecular formula is C35H53FN4O6. The van der Waals surface area contributed by atoms with Gasteiger partial charge in [-0.2, -0.15) is 4.79 Å². The molecule has 0 aliphatic rings. The van der Waals surface area contributed by atoms with Crippen molar-refractivity contribution in [1.29, 1.82) is 0 Å². The van der Waals surface area contributed by atoms with Gasteiger partial charge in [-0.15, -0.1) is 0 Å². The predicted molar refractivity (Wildman–Crippen MR) is 188 cm³/mol. The number of carbonyl (C=O) groups is 3. The number of aromatic nitrogens is 3. The maximum atomic E-state index is 12.4. The second-order valence-corrected chi connectivity index (χ2v) is 7.60. The minimum absolute atomic E-state index is 0.0192. The van der Waals surface area contributed by atoms with Gasteiger partial charge in [0.2, 0.25) is 0 Å². The van der Waals surface area contributed by atoms with Gasteiger partial charge in [0.15, 0.2) is 6.29 Å². The van der Waals surface area contributed by atoms with E-state index in [0.717, 1.165) is 10.9 Å². The molecule has 0 aliphatic carbocycles. The molecule has 0 saturated heterocycles. The lowest BCUT2D eigenvalue weighted by Crippen LogP contribution is -2.12. The monoisotopic (exact) mass is 644 g/mol. The second kappa shape index (κ2) is 30.4. The van der Waals surface area contributed by atoms with Gasteiger partial charge >= 0.3 is 0 Å². The van der Waals surface area contributed by atoms with Crippen molar-refractivity contribution in [3.8, 4) is 5.75 Å². The van der Waals surface area contributed by atoms with Crippen molar-refractivity contribution in [2.75, 3.05) is 31.7 Å². The number of nitrogens with zero attached hydrogens (tertiary/aromatic N) is 2. The molecule has 4 rings (SSSR count). The predicted octanol–water partition coefficient (Wildman–Crippen LogP) is 8.11. The molecule has 0 fully saturated rings. The number of fused-ring (bicyclic) bond motifs is 1. The Hall–Kier alpha value is -4.61. The number of aromatic amines is 1. The number of hydrogen-bond acceptors (Lipinski definition) is 7. The Kier molecular flexibility index (Phi) is 30.3.